The minimum absolute atomic E-state index is 0.0442. The minimum atomic E-state index is 0.0442. The summed E-state index contributed by atoms with van der Waals surface area (Å²) < 4.78 is 0. The third-order valence-corrected chi connectivity index (χ3v) is 2.53. The van der Waals surface area contributed by atoms with Gasteiger partial charge >= 0.3 is 0 Å². The first kappa shape index (κ1) is 12.5. The van der Waals surface area contributed by atoms with Crippen LogP contribution < -0.4 is 10.6 Å². The summed E-state index contributed by atoms with van der Waals surface area (Å²) in [6, 6.07) is 0. The summed E-state index contributed by atoms with van der Waals surface area (Å²) in [5, 5.41) is 6.25. The van der Waals surface area contributed by atoms with Gasteiger partial charge in [-0.2, -0.15) is 11.8 Å². The van der Waals surface area contributed by atoms with Crippen LogP contribution in [0.25, 0.3) is 0 Å². The Morgan fingerprint density at radius 2 is 2.38 bits per heavy atom. The van der Waals surface area contributed by atoms with Crippen molar-refractivity contribution in [2.24, 2.45) is 0 Å². The molecule has 0 radical (unpaired) electrons. The topological polar surface area (TPSA) is 41.1 Å². The van der Waals surface area contributed by atoms with Gasteiger partial charge in [0.05, 0.1) is 6.54 Å². The highest BCUT2D eigenvalue weighted by molar-refractivity contribution is 7.99. The van der Waals surface area contributed by atoms with Crippen molar-refractivity contribution in [3.63, 3.8) is 0 Å². The van der Waals surface area contributed by atoms with Crippen molar-refractivity contribution in [3.05, 3.63) is 12.7 Å². The lowest BCUT2D eigenvalue weighted by Crippen LogP contribution is -2.36. The maximum Gasteiger partial charge on any atom is 0.234 e. The van der Waals surface area contributed by atoms with E-state index in [1.165, 1.54) is 0 Å². The Morgan fingerprint density at radius 3 is 2.92 bits per heavy atom. The molecule has 13 heavy (non-hydrogen) atoms. The van der Waals surface area contributed by atoms with Crippen molar-refractivity contribution < 1.29 is 4.79 Å². The smallest absolute Gasteiger partial charge is 0.234 e. The van der Waals surface area contributed by atoms with Gasteiger partial charge in [0.15, 0.2) is 0 Å². The van der Waals surface area contributed by atoms with E-state index in [2.05, 4.69) is 24.1 Å². The molecule has 0 fully saturated rings. The molecule has 0 heterocycles. The Kier molecular flexibility index (Phi) is 7.83. The van der Waals surface area contributed by atoms with E-state index in [9.17, 15) is 4.79 Å². The number of nitrogens with one attached hydrogen (secondary N) is 2. The van der Waals surface area contributed by atoms with Crippen LogP contribution in [0, 0.1) is 0 Å². The van der Waals surface area contributed by atoms with Gasteiger partial charge in [-0.3, -0.25) is 4.79 Å². The fourth-order valence-electron chi connectivity index (χ4n) is 0.691. The first-order chi connectivity index (χ1) is 6.20. The van der Waals surface area contributed by atoms with E-state index < -0.39 is 0 Å². The van der Waals surface area contributed by atoms with Gasteiger partial charge in [-0.25, -0.2) is 0 Å². The monoisotopic (exact) mass is 202 g/mol. The highest BCUT2D eigenvalue weighted by atomic mass is 32.2. The lowest BCUT2D eigenvalue weighted by molar-refractivity contribution is -0.120. The lowest BCUT2D eigenvalue weighted by atomic mass is 10.4. The van der Waals surface area contributed by atoms with Crippen LogP contribution in [0.5, 0.6) is 0 Å². The highest BCUT2D eigenvalue weighted by Gasteiger charge is 2.02. The Hall–Kier alpha value is -0.480. The van der Waals surface area contributed by atoms with Crippen molar-refractivity contribution in [1.82, 2.24) is 10.6 Å². The van der Waals surface area contributed by atoms with E-state index in [-0.39, 0.29) is 5.91 Å². The number of rotatable bonds is 7. The van der Waals surface area contributed by atoms with Crippen LogP contribution >= 0.6 is 11.8 Å². The lowest BCUT2D eigenvalue weighted by Gasteiger charge is -2.09. The molecule has 1 amide bonds. The molecule has 0 bridgehead atoms. The zero-order valence-corrected chi connectivity index (χ0v) is 9.12. The van der Waals surface area contributed by atoms with Crippen molar-refractivity contribution in [2.75, 3.05) is 25.9 Å². The number of carbonyl (C=O) groups excluding carboxylic acids is 1. The molecule has 0 aromatic rings. The summed E-state index contributed by atoms with van der Waals surface area (Å²) in [7, 11) is 0. The number of hydrogen-bond acceptors (Lipinski definition) is 3. The molecule has 0 spiro atoms. The van der Waals surface area contributed by atoms with Crippen LogP contribution in [0.4, 0.5) is 0 Å². The van der Waals surface area contributed by atoms with Crippen molar-refractivity contribution in [3.8, 4) is 0 Å². The largest absolute Gasteiger partial charge is 0.354 e. The molecular formula is C9H18N2OS. The van der Waals surface area contributed by atoms with Gasteiger partial charge < -0.3 is 10.6 Å². The van der Waals surface area contributed by atoms with Crippen LogP contribution in [0.3, 0.4) is 0 Å². The average Bonchev–Trinajstić information content (AvgIpc) is 2.14. The number of carbonyl (C=O) groups is 1. The molecule has 0 rings (SSSR count). The fourth-order valence-corrected chi connectivity index (χ4v) is 0.941. The maximum atomic E-state index is 11.1. The Morgan fingerprint density at radius 1 is 1.69 bits per heavy atom. The van der Waals surface area contributed by atoms with E-state index >= 15 is 0 Å². The van der Waals surface area contributed by atoms with Crippen LogP contribution in [0.1, 0.15) is 6.92 Å². The zero-order valence-electron chi connectivity index (χ0n) is 8.30. The van der Waals surface area contributed by atoms with Crippen molar-refractivity contribution >= 4 is 17.7 Å². The van der Waals surface area contributed by atoms with Crippen LogP contribution in [-0.2, 0) is 4.79 Å². The van der Waals surface area contributed by atoms with Crippen LogP contribution in [-0.4, -0.2) is 37.0 Å². The summed E-state index contributed by atoms with van der Waals surface area (Å²) in [6.45, 7) is 7.41. The maximum absolute atomic E-state index is 11.1. The van der Waals surface area contributed by atoms with E-state index in [0.29, 0.717) is 18.3 Å². The molecule has 0 aliphatic carbocycles. The third kappa shape index (κ3) is 7.87. The van der Waals surface area contributed by atoms with Gasteiger partial charge in [0.2, 0.25) is 5.91 Å². The van der Waals surface area contributed by atoms with Gasteiger partial charge in [-0.05, 0) is 6.26 Å². The highest BCUT2D eigenvalue weighted by Crippen LogP contribution is 2.01. The van der Waals surface area contributed by atoms with Gasteiger partial charge in [-0.15, -0.1) is 6.58 Å². The number of amides is 1. The van der Waals surface area contributed by atoms with Crippen LogP contribution in [0.2, 0.25) is 0 Å². The fraction of sp³-hybridized carbons (Fsp3) is 0.667. The zero-order chi connectivity index (χ0) is 10.1. The molecule has 1 unspecified atom stereocenters. The van der Waals surface area contributed by atoms with Gasteiger partial charge in [0, 0.05) is 18.3 Å². The summed E-state index contributed by atoms with van der Waals surface area (Å²) in [5.74, 6) is 0.0442. The standard InChI is InChI=1S/C9H18N2OS/c1-4-5-10-7-9(12)11-6-8(2)13-3/h4,8,10H,1,5-7H2,2-3H3,(H,11,12). The number of hydrogen-bond donors (Lipinski definition) is 2. The van der Waals surface area contributed by atoms with Crippen molar-refractivity contribution in [1.29, 1.82) is 0 Å². The van der Waals surface area contributed by atoms with E-state index in [1.807, 2.05) is 6.26 Å². The molecule has 0 saturated heterocycles. The molecule has 76 valence electrons. The summed E-state index contributed by atoms with van der Waals surface area (Å²) in [4.78, 5) is 11.1. The molecule has 0 aromatic heterocycles. The normalized spacial score (nSPS) is 12.2. The Labute approximate surface area is 84.4 Å². The van der Waals surface area contributed by atoms with Gasteiger partial charge in [0.1, 0.15) is 0 Å². The minimum Gasteiger partial charge on any atom is -0.354 e. The second-order valence-corrected chi connectivity index (χ2v) is 4.05. The first-order valence-electron chi connectivity index (χ1n) is 4.31. The van der Waals surface area contributed by atoms with Crippen molar-refractivity contribution in [2.45, 2.75) is 12.2 Å². The van der Waals surface area contributed by atoms with Gasteiger partial charge in [-0.1, -0.05) is 13.0 Å². The molecule has 0 aliphatic rings. The molecule has 0 aromatic carbocycles. The van der Waals surface area contributed by atoms with E-state index in [4.69, 9.17) is 0 Å². The molecule has 2 N–H and O–H groups in total. The molecule has 0 saturated carbocycles. The quantitative estimate of drug-likeness (QED) is 0.470. The van der Waals surface area contributed by atoms with Gasteiger partial charge in [0.25, 0.3) is 0 Å². The predicted molar refractivity (Wildman–Crippen MR) is 59.1 cm³/mol. The second-order valence-electron chi connectivity index (χ2n) is 2.77. The molecule has 1 atom stereocenters. The molecule has 4 heteroatoms. The van der Waals surface area contributed by atoms with E-state index in [0.717, 1.165) is 6.54 Å². The molecule has 3 nitrogen and oxygen atoms in total. The van der Waals surface area contributed by atoms with E-state index in [1.54, 1.807) is 17.8 Å². The summed E-state index contributed by atoms with van der Waals surface area (Å²) in [5.41, 5.74) is 0. The number of thioether (sulfide) groups is 1. The Balaban J connectivity index is 3.34. The Bertz CT molecular complexity index is 162. The first-order valence-corrected chi connectivity index (χ1v) is 5.60. The SMILES string of the molecule is C=CCNCC(=O)NCC(C)SC. The summed E-state index contributed by atoms with van der Waals surface area (Å²) in [6.07, 6.45) is 3.77. The third-order valence-electron chi connectivity index (χ3n) is 1.56. The molecular weight excluding hydrogens is 184 g/mol. The van der Waals surface area contributed by atoms with Crippen LogP contribution in [0.15, 0.2) is 12.7 Å². The summed E-state index contributed by atoms with van der Waals surface area (Å²) >= 11 is 1.74. The second kappa shape index (κ2) is 8.13. The molecule has 0 aliphatic heterocycles. The average molecular weight is 202 g/mol. The predicted octanol–water partition coefficient (Wildman–Crippen LogP) is 0.630.